The predicted molar refractivity (Wildman–Crippen MR) is 67.6 cm³/mol. The van der Waals surface area contributed by atoms with Crippen molar-refractivity contribution in [2.24, 2.45) is 5.92 Å². The van der Waals surface area contributed by atoms with Gasteiger partial charge in [0.2, 0.25) is 0 Å². The third-order valence-electron chi connectivity index (χ3n) is 4.34. The molecular formula is C13H20O4S. The summed E-state index contributed by atoms with van der Waals surface area (Å²) in [6.45, 7) is 1.29. The van der Waals surface area contributed by atoms with Crippen molar-refractivity contribution in [3.8, 4) is 0 Å². The van der Waals surface area contributed by atoms with Gasteiger partial charge in [0, 0.05) is 40.1 Å². The fraction of sp³-hybridized carbons (Fsp3) is 0.923. The molecule has 0 aliphatic carbocycles. The van der Waals surface area contributed by atoms with E-state index in [-0.39, 0.29) is 22.7 Å². The van der Waals surface area contributed by atoms with Gasteiger partial charge in [0.25, 0.3) is 0 Å². The Hall–Kier alpha value is -0.260. The van der Waals surface area contributed by atoms with Crippen molar-refractivity contribution >= 4 is 16.6 Å². The number of ketones is 1. The molecule has 3 aliphatic rings. The molecule has 5 heteroatoms. The molecular weight excluding hydrogens is 252 g/mol. The minimum Gasteiger partial charge on any atom is -0.350 e. The van der Waals surface area contributed by atoms with Crippen LogP contribution in [0.1, 0.15) is 38.5 Å². The molecule has 0 N–H and O–H groups in total. The summed E-state index contributed by atoms with van der Waals surface area (Å²) < 4.78 is 22.6. The average Bonchev–Trinajstić information content (AvgIpc) is 2.93. The highest BCUT2D eigenvalue weighted by atomic mass is 32.2. The van der Waals surface area contributed by atoms with Crippen molar-refractivity contribution in [3.63, 3.8) is 0 Å². The molecule has 3 fully saturated rings. The lowest BCUT2D eigenvalue weighted by Crippen LogP contribution is -2.32. The third-order valence-corrected chi connectivity index (χ3v) is 6.51. The molecule has 2 bridgehead atoms. The summed E-state index contributed by atoms with van der Waals surface area (Å²) in [6, 6.07) is 0. The van der Waals surface area contributed by atoms with Gasteiger partial charge < -0.3 is 9.47 Å². The van der Waals surface area contributed by atoms with Gasteiger partial charge in [0.15, 0.2) is 6.29 Å². The fourth-order valence-electron chi connectivity index (χ4n) is 3.33. The van der Waals surface area contributed by atoms with Crippen molar-refractivity contribution in [3.05, 3.63) is 0 Å². The van der Waals surface area contributed by atoms with E-state index in [0.717, 1.165) is 25.7 Å². The number of carbonyl (C=O) groups excluding carboxylic acids is 1. The van der Waals surface area contributed by atoms with Gasteiger partial charge >= 0.3 is 0 Å². The Balaban J connectivity index is 1.49. The second kappa shape index (κ2) is 5.39. The van der Waals surface area contributed by atoms with Crippen LogP contribution in [-0.2, 0) is 25.1 Å². The number of ether oxygens (including phenoxy) is 2. The van der Waals surface area contributed by atoms with E-state index in [1.165, 1.54) is 0 Å². The van der Waals surface area contributed by atoms with Crippen LogP contribution in [0, 0.1) is 5.92 Å². The lowest BCUT2D eigenvalue weighted by Gasteiger charge is -2.26. The minimum absolute atomic E-state index is 0.140. The Morgan fingerprint density at radius 2 is 1.72 bits per heavy atom. The molecule has 0 spiro atoms. The first-order valence-corrected chi connectivity index (χ1v) is 8.17. The zero-order chi connectivity index (χ0) is 12.5. The van der Waals surface area contributed by atoms with Crippen LogP contribution in [0.4, 0.5) is 0 Å². The molecule has 3 saturated heterocycles. The van der Waals surface area contributed by atoms with Gasteiger partial charge in [0.1, 0.15) is 5.78 Å². The summed E-state index contributed by atoms with van der Waals surface area (Å²) in [5.41, 5.74) is 0. The van der Waals surface area contributed by atoms with E-state index < -0.39 is 10.8 Å². The lowest BCUT2D eigenvalue weighted by molar-refractivity contribution is -0.125. The monoisotopic (exact) mass is 272 g/mol. The quantitative estimate of drug-likeness (QED) is 0.776. The molecule has 18 heavy (non-hydrogen) atoms. The van der Waals surface area contributed by atoms with Gasteiger partial charge in [-0.2, -0.15) is 0 Å². The Kier molecular flexibility index (Phi) is 3.82. The molecule has 2 atom stereocenters. The van der Waals surface area contributed by atoms with E-state index in [2.05, 4.69) is 0 Å². The number of fused-ring (bicyclic) bond motifs is 2. The van der Waals surface area contributed by atoms with Crippen LogP contribution in [0.25, 0.3) is 0 Å². The van der Waals surface area contributed by atoms with E-state index in [4.69, 9.17) is 9.47 Å². The largest absolute Gasteiger partial charge is 0.350 e. The van der Waals surface area contributed by atoms with Crippen molar-refractivity contribution < 1.29 is 18.5 Å². The molecule has 0 saturated carbocycles. The van der Waals surface area contributed by atoms with E-state index in [9.17, 15) is 9.00 Å². The summed E-state index contributed by atoms with van der Waals surface area (Å²) in [6.07, 6.45) is 4.83. The van der Waals surface area contributed by atoms with Crippen LogP contribution in [0.5, 0.6) is 0 Å². The first-order chi connectivity index (χ1) is 8.74. The van der Waals surface area contributed by atoms with Gasteiger partial charge in [-0.05, 0) is 25.7 Å². The van der Waals surface area contributed by atoms with Crippen LogP contribution < -0.4 is 0 Å². The van der Waals surface area contributed by atoms with Crippen molar-refractivity contribution in [2.75, 3.05) is 13.2 Å². The van der Waals surface area contributed by atoms with E-state index >= 15 is 0 Å². The van der Waals surface area contributed by atoms with Crippen molar-refractivity contribution in [2.45, 2.75) is 55.3 Å². The maximum absolute atomic E-state index is 12.2. The van der Waals surface area contributed by atoms with Crippen LogP contribution in [0.2, 0.25) is 0 Å². The van der Waals surface area contributed by atoms with Gasteiger partial charge in [0.05, 0.1) is 13.2 Å². The van der Waals surface area contributed by atoms with Gasteiger partial charge in [-0.1, -0.05) is 0 Å². The Morgan fingerprint density at radius 3 is 2.33 bits per heavy atom. The normalized spacial score (nSPS) is 40.2. The Labute approximate surface area is 110 Å². The second-order valence-electron chi connectivity index (χ2n) is 5.49. The zero-order valence-electron chi connectivity index (χ0n) is 10.5. The van der Waals surface area contributed by atoms with E-state index in [1.807, 2.05) is 0 Å². The van der Waals surface area contributed by atoms with E-state index in [1.54, 1.807) is 0 Å². The molecule has 2 unspecified atom stereocenters. The molecule has 0 aromatic carbocycles. The first-order valence-electron chi connectivity index (χ1n) is 6.89. The van der Waals surface area contributed by atoms with Crippen LogP contribution >= 0.6 is 0 Å². The summed E-state index contributed by atoms with van der Waals surface area (Å²) in [7, 11) is -0.663. The molecule has 102 valence electrons. The van der Waals surface area contributed by atoms with Gasteiger partial charge in [-0.15, -0.1) is 0 Å². The third kappa shape index (κ3) is 2.53. The zero-order valence-corrected chi connectivity index (χ0v) is 11.3. The number of hydrogen-bond acceptors (Lipinski definition) is 4. The summed E-state index contributed by atoms with van der Waals surface area (Å²) in [5, 5.41) is 0.577. The summed E-state index contributed by atoms with van der Waals surface area (Å²) >= 11 is 0. The number of Topliss-reactive ketones (excluding diaryl/α,β-unsaturated/α-hetero) is 1. The highest BCUT2D eigenvalue weighted by Gasteiger charge is 2.42. The minimum atomic E-state index is -0.663. The van der Waals surface area contributed by atoms with Crippen LogP contribution in [-0.4, -0.2) is 40.0 Å². The van der Waals surface area contributed by atoms with E-state index in [0.29, 0.717) is 31.8 Å². The Morgan fingerprint density at radius 1 is 1.11 bits per heavy atom. The highest BCUT2D eigenvalue weighted by molar-refractivity contribution is 7.86. The lowest BCUT2D eigenvalue weighted by atomic mass is 9.92. The van der Waals surface area contributed by atoms with Crippen molar-refractivity contribution in [1.82, 2.24) is 0 Å². The molecule has 3 aliphatic heterocycles. The summed E-state index contributed by atoms with van der Waals surface area (Å²) in [5.74, 6) is 0.462. The number of hydrogen-bond donors (Lipinski definition) is 0. The Bertz CT molecular complexity index is 335. The highest BCUT2D eigenvalue weighted by Crippen LogP contribution is 2.39. The van der Waals surface area contributed by atoms with Gasteiger partial charge in [-0.3, -0.25) is 9.00 Å². The molecule has 0 radical (unpaired) electrons. The van der Waals surface area contributed by atoms with Crippen molar-refractivity contribution in [1.29, 1.82) is 0 Å². The SMILES string of the molecule is O=C(CCC1OCCO1)C1CC2CCC(C1)S2=O. The molecule has 0 amide bonds. The average molecular weight is 272 g/mol. The smallest absolute Gasteiger partial charge is 0.158 e. The molecule has 3 heterocycles. The second-order valence-corrected chi connectivity index (χ2v) is 7.48. The topological polar surface area (TPSA) is 52.6 Å². The molecule has 0 aromatic rings. The maximum Gasteiger partial charge on any atom is 0.158 e. The summed E-state index contributed by atoms with van der Waals surface area (Å²) in [4.78, 5) is 12.2. The molecule has 3 rings (SSSR count). The standard InChI is InChI=1S/C13H20O4S/c14-12(3-4-13-16-5-6-17-13)9-7-10-1-2-11(8-9)18(10)15/h9-11,13H,1-8H2. The maximum atomic E-state index is 12.2. The molecule has 4 nitrogen and oxygen atoms in total. The number of rotatable bonds is 4. The molecule has 0 aromatic heterocycles. The fourth-order valence-corrected chi connectivity index (χ4v) is 5.46. The number of carbonyl (C=O) groups is 1. The van der Waals surface area contributed by atoms with Crippen LogP contribution in [0.3, 0.4) is 0 Å². The predicted octanol–water partition coefficient (Wildman–Crippen LogP) is 1.40. The first kappa shape index (κ1) is 12.8. The van der Waals surface area contributed by atoms with Gasteiger partial charge in [-0.25, -0.2) is 0 Å². The van der Waals surface area contributed by atoms with Crippen LogP contribution in [0.15, 0.2) is 0 Å².